The summed E-state index contributed by atoms with van der Waals surface area (Å²) in [6.45, 7) is 0.813. The van der Waals surface area contributed by atoms with Crippen LogP contribution in [-0.2, 0) is 11.2 Å². The van der Waals surface area contributed by atoms with Crippen LogP contribution in [0.1, 0.15) is 28.5 Å². The lowest BCUT2D eigenvalue weighted by Crippen LogP contribution is -2.18. The monoisotopic (exact) mass is 298 g/mol. The average molecular weight is 298 g/mol. The summed E-state index contributed by atoms with van der Waals surface area (Å²) in [6.07, 6.45) is 1.84. The predicted octanol–water partition coefficient (Wildman–Crippen LogP) is 5.09. The van der Waals surface area contributed by atoms with Crippen LogP contribution >= 0.6 is 11.3 Å². The zero-order valence-corrected chi connectivity index (χ0v) is 12.3. The lowest BCUT2D eigenvalue weighted by atomic mass is 9.99. The topological polar surface area (TPSA) is 9.23 Å². The molecule has 106 valence electrons. The highest BCUT2D eigenvalue weighted by Crippen LogP contribution is 2.32. The van der Waals surface area contributed by atoms with Crippen LogP contribution in [0.3, 0.4) is 0 Å². The number of thiophene rings is 1. The molecule has 0 saturated carbocycles. The molecule has 1 saturated heterocycles. The van der Waals surface area contributed by atoms with E-state index in [4.69, 9.17) is 4.74 Å². The first-order valence-electron chi connectivity index (χ1n) is 7.17. The zero-order chi connectivity index (χ0) is 14.2. The standard InChI is InChI=1S/C18H15FOS/c19-16-6-5-12(17-7-8-20-17)9-14(16)11-15-10-13-3-1-2-4-18(13)21-15/h1-6,9-10,17H,7-8,11H2. The van der Waals surface area contributed by atoms with E-state index in [-0.39, 0.29) is 11.9 Å². The Hall–Kier alpha value is -1.71. The molecule has 21 heavy (non-hydrogen) atoms. The molecule has 0 bridgehead atoms. The maximum Gasteiger partial charge on any atom is 0.126 e. The first kappa shape index (κ1) is 13.0. The molecule has 0 aliphatic carbocycles. The number of halogens is 1. The molecular weight excluding hydrogens is 283 g/mol. The number of benzene rings is 2. The van der Waals surface area contributed by atoms with Gasteiger partial charge in [0.15, 0.2) is 0 Å². The Morgan fingerprint density at radius 1 is 1.14 bits per heavy atom. The molecular formula is C18H15FOS. The minimum atomic E-state index is -0.129. The largest absolute Gasteiger partial charge is 0.373 e. The lowest BCUT2D eigenvalue weighted by molar-refractivity contribution is -0.0527. The van der Waals surface area contributed by atoms with Gasteiger partial charge in [0.2, 0.25) is 0 Å². The van der Waals surface area contributed by atoms with Gasteiger partial charge in [-0.2, -0.15) is 0 Å². The van der Waals surface area contributed by atoms with E-state index < -0.39 is 0 Å². The first-order chi connectivity index (χ1) is 10.3. The van der Waals surface area contributed by atoms with Crippen LogP contribution in [-0.4, -0.2) is 6.61 Å². The normalized spacial score (nSPS) is 17.9. The molecule has 4 rings (SSSR count). The molecule has 3 heteroatoms. The SMILES string of the molecule is Fc1ccc(C2CCO2)cc1Cc1cc2ccccc2s1. The van der Waals surface area contributed by atoms with Gasteiger partial charge in [-0.3, -0.25) is 0 Å². The number of fused-ring (bicyclic) bond motifs is 1. The molecule has 0 radical (unpaired) electrons. The van der Waals surface area contributed by atoms with Crippen LogP contribution in [0.2, 0.25) is 0 Å². The van der Waals surface area contributed by atoms with Crippen molar-refractivity contribution in [3.05, 3.63) is 70.4 Å². The fourth-order valence-corrected chi connectivity index (χ4v) is 3.83. The molecule has 0 spiro atoms. The quantitative estimate of drug-likeness (QED) is 0.654. The second-order valence-electron chi connectivity index (χ2n) is 5.43. The van der Waals surface area contributed by atoms with Crippen LogP contribution in [0.5, 0.6) is 0 Å². The van der Waals surface area contributed by atoms with Crippen molar-refractivity contribution in [3.63, 3.8) is 0 Å². The molecule has 3 aromatic rings. The maximum atomic E-state index is 14.1. The van der Waals surface area contributed by atoms with Crippen LogP contribution in [0, 0.1) is 5.82 Å². The van der Waals surface area contributed by atoms with Crippen molar-refractivity contribution in [2.24, 2.45) is 0 Å². The van der Waals surface area contributed by atoms with Gasteiger partial charge in [0.1, 0.15) is 5.82 Å². The van der Waals surface area contributed by atoms with Crippen LogP contribution < -0.4 is 0 Å². The Morgan fingerprint density at radius 2 is 2.00 bits per heavy atom. The molecule has 2 heterocycles. The highest BCUT2D eigenvalue weighted by atomic mass is 32.1. The summed E-state index contributed by atoms with van der Waals surface area (Å²) in [5, 5.41) is 1.23. The van der Waals surface area contributed by atoms with Crippen molar-refractivity contribution in [3.8, 4) is 0 Å². The summed E-state index contributed by atoms with van der Waals surface area (Å²) >= 11 is 1.74. The summed E-state index contributed by atoms with van der Waals surface area (Å²) in [4.78, 5) is 1.20. The van der Waals surface area contributed by atoms with Crippen LogP contribution in [0.25, 0.3) is 10.1 Å². The molecule has 1 fully saturated rings. The highest BCUT2D eigenvalue weighted by molar-refractivity contribution is 7.19. The van der Waals surface area contributed by atoms with E-state index in [1.165, 1.54) is 15.0 Å². The number of hydrogen-bond acceptors (Lipinski definition) is 2. The minimum Gasteiger partial charge on any atom is -0.373 e. The summed E-state index contributed by atoms with van der Waals surface area (Å²) in [6, 6.07) is 15.8. The third kappa shape index (κ3) is 2.47. The second-order valence-corrected chi connectivity index (χ2v) is 6.59. The van der Waals surface area contributed by atoms with E-state index in [1.54, 1.807) is 17.4 Å². The third-order valence-corrected chi connectivity index (χ3v) is 5.10. The molecule has 1 nitrogen and oxygen atoms in total. The van der Waals surface area contributed by atoms with Crippen molar-refractivity contribution >= 4 is 21.4 Å². The third-order valence-electron chi connectivity index (χ3n) is 3.98. The molecule has 1 aromatic heterocycles. The Morgan fingerprint density at radius 3 is 2.76 bits per heavy atom. The molecule has 1 aliphatic heterocycles. The predicted molar refractivity (Wildman–Crippen MR) is 84.3 cm³/mol. The summed E-state index contributed by atoms with van der Waals surface area (Å²) in [5.74, 6) is -0.129. The minimum absolute atomic E-state index is 0.129. The van der Waals surface area contributed by atoms with E-state index >= 15 is 0 Å². The van der Waals surface area contributed by atoms with Gasteiger partial charge in [0.25, 0.3) is 0 Å². The fourth-order valence-electron chi connectivity index (χ4n) is 2.74. The summed E-state index contributed by atoms with van der Waals surface area (Å²) in [7, 11) is 0. The zero-order valence-electron chi connectivity index (χ0n) is 11.5. The number of ether oxygens (including phenoxy) is 1. The highest BCUT2D eigenvalue weighted by Gasteiger charge is 2.21. The van der Waals surface area contributed by atoms with E-state index in [1.807, 2.05) is 24.3 Å². The Kier molecular flexibility index (Phi) is 3.24. The Labute approximate surface area is 127 Å². The molecule has 1 unspecified atom stereocenters. The van der Waals surface area contributed by atoms with Crippen molar-refractivity contribution in [2.45, 2.75) is 18.9 Å². The van der Waals surface area contributed by atoms with Gasteiger partial charge in [0, 0.05) is 22.4 Å². The molecule has 0 amide bonds. The van der Waals surface area contributed by atoms with Crippen molar-refractivity contribution in [2.75, 3.05) is 6.61 Å². The number of rotatable bonds is 3. The van der Waals surface area contributed by atoms with Crippen LogP contribution in [0.4, 0.5) is 4.39 Å². The van der Waals surface area contributed by atoms with E-state index in [2.05, 4.69) is 18.2 Å². The van der Waals surface area contributed by atoms with Crippen LogP contribution in [0.15, 0.2) is 48.5 Å². The van der Waals surface area contributed by atoms with Gasteiger partial charge < -0.3 is 4.74 Å². The molecule has 2 aromatic carbocycles. The van der Waals surface area contributed by atoms with E-state index in [9.17, 15) is 4.39 Å². The molecule has 1 atom stereocenters. The van der Waals surface area contributed by atoms with Gasteiger partial charge in [0.05, 0.1) is 12.7 Å². The fraction of sp³-hybridized carbons (Fsp3) is 0.222. The van der Waals surface area contributed by atoms with Gasteiger partial charge in [-0.1, -0.05) is 24.3 Å². The van der Waals surface area contributed by atoms with Gasteiger partial charge in [-0.05, 0) is 40.8 Å². The Balaban J connectivity index is 1.66. The van der Waals surface area contributed by atoms with E-state index in [0.717, 1.165) is 24.2 Å². The van der Waals surface area contributed by atoms with Gasteiger partial charge in [-0.15, -0.1) is 11.3 Å². The van der Waals surface area contributed by atoms with Gasteiger partial charge >= 0.3 is 0 Å². The second kappa shape index (κ2) is 5.24. The van der Waals surface area contributed by atoms with Crippen molar-refractivity contribution in [1.29, 1.82) is 0 Å². The first-order valence-corrected chi connectivity index (χ1v) is 7.98. The smallest absolute Gasteiger partial charge is 0.126 e. The summed E-state index contributed by atoms with van der Waals surface area (Å²) < 4.78 is 20.8. The van der Waals surface area contributed by atoms with Crippen molar-refractivity contribution < 1.29 is 9.13 Å². The van der Waals surface area contributed by atoms with Crippen molar-refractivity contribution in [1.82, 2.24) is 0 Å². The van der Waals surface area contributed by atoms with Gasteiger partial charge in [-0.25, -0.2) is 4.39 Å². The Bertz CT molecular complexity index is 756. The number of hydrogen-bond donors (Lipinski definition) is 0. The maximum absolute atomic E-state index is 14.1. The van der Waals surface area contributed by atoms with E-state index in [0.29, 0.717) is 6.42 Å². The lowest BCUT2D eigenvalue weighted by Gasteiger charge is -2.27. The molecule has 0 N–H and O–H groups in total. The molecule has 1 aliphatic rings. The average Bonchev–Trinajstić information content (AvgIpc) is 2.83. The summed E-state index contributed by atoms with van der Waals surface area (Å²) in [5.41, 5.74) is 1.85.